The maximum atomic E-state index is 13.5. The Bertz CT molecular complexity index is 1420. The van der Waals surface area contributed by atoms with Crippen molar-refractivity contribution in [3.05, 3.63) is 0 Å². The number of carboxylic acids is 2. The highest BCUT2D eigenvalue weighted by Gasteiger charge is 2.21. The van der Waals surface area contributed by atoms with Crippen LogP contribution in [0, 0.1) is 0 Å². The third-order valence-electron chi connectivity index (χ3n) is 15.8. The van der Waals surface area contributed by atoms with Crippen LogP contribution in [0.15, 0.2) is 0 Å². The molecule has 1 aliphatic rings. The van der Waals surface area contributed by atoms with Gasteiger partial charge < -0.3 is 25.2 Å². The van der Waals surface area contributed by atoms with Gasteiger partial charge in [-0.15, -0.1) is 0 Å². The monoisotopic (exact) mass is 1100 g/mol. The van der Waals surface area contributed by atoms with Crippen LogP contribution >= 0.6 is 0 Å². The number of amides is 2. The lowest BCUT2D eigenvalue weighted by Crippen LogP contribution is -2.48. The van der Waals surface area contributed by atoms with Gasteiger partial charge in [0.1, 0.15) is 12.5 Å². The number of nitrogens with one attached hydrogen (secondary N) is 1. The Morgan fingerprint density at radius 2 is 0.705 bits per heavy atom. The van der Waals surface area contributed by atoms with Crippen molar-refractivity contribution in [2.24, 2.45) is 0 Å². The summed E-state index contributed by atoms with van der Waals surface area (Å²) in [4.78, 5) is 83.2. The van der Waals surface area contributed by atoms with Gasteiger partial charge in [-0.1, -0.05) is 232 Å². The molecule has 1 saturated heterocycles. The van der Waals surface area contributed by atoms with E-state index < -0.39 is 11.9 Å². The van der Waals surface area contributed by atoms with Crippen LogP contribution in [0.5, 0.6) is 0 Å². The van der Waals surface area contributed by atoms with E-state index in [-0.39, 0.29) is 50.5 Å². The summed E-state index contributed by atoms with van der Waals surface area (Å²) < 4.78 is 5.03. The second-order valence-corrected chi connectivity index (χ2v) is 23.1. The Labute approximate surface area is 476 Å². The van der Waals surface area contributed by atoms with Gasteiger partial charge in [0.2, 0.25) is 11.8 Å². The van der Waals surface area contributed by atoms with E-state index in [4.69, 9.17) is 4.74 Å². The number of hydrogen-bond donors (Lipinski definition) is 3. The molecule has 0 aromatic rings. The zero-order valence-corrected chi connectivity index (χ0v) is 50.5. The van der Waals surface area contributed by atoms with Gasteiger partial charge in [0, 0.05) is 78.3 Å². The number of ether oxygens (including phenoxy) is 1. The standard InChI is InChI=1S/C63H120N6O9/c1-3-5-7-9-11-13-15-17-19-21-23-25-27-31-35-39-43-69(44-40-36-32-28-26-24-22-20-18-16-14-12-10-8-6-4-2)61(73)53-64-60(72)42-38-34-30-29-33-37-41-59(71)54-65-45-46-66(55-62(74)75)47-48-67(56-63(76)77)50-52-68(51-49-65)57-78-58-70/h58H,3-57H2,1-2H3,(H,64,72)(H,74,75)(H,76,77). The molecule has 1 aliphatic heterocycles. The molecular weight excluding hydrogens is 985 g/mol. The second kappa shape index (κ2) is 54.4. The summed E-state index contributed by atoms with van der Waals surface area (Å²) in [5.74, 6) is -1.83. The Morgan fingerprint density at radius 3 is 1.04 bits per heavy atom. The van der Waals surface area contributed by atoms with E-state index in [1.807, 2.05) is 14.7 Å². The predicted octanol–water partition coefficient (Wildman–Crippen LogP) is 12.7. The summed E-state index contributed by atoms with van der Waals surface area (Å²) in [7, 11) is 0. The SMILES string of the molecule is CCCCCCCCCCCCCCCCCCN(CCCCCCCCCCCCCCCCCC)C(=O)CNC(=O)CCCCCCCCC(=O)CN1CCN(COC=O)CCN(CC(=O)O)CCN(CC(=O)O)CC1. The average Bonchev–Trinajstić information content (AvgIpc) is 3.41. The van der Waals surface area contributed by atoms with Crippen molar-refractivity contribution in [2.45, 2.75) is 271 Å². The summed E-state index contributed by atoms with van der Waals surface area (Å²) in [5, 5.41) is 21.9. The first kappa shape index (κ1) is 72.9. The molecule has 1 heterocycles. The number of unbranched alkanes of at least 4 members (excludes halogenated alkanes) is 35. The summed E-state index contributed by atoms with van der Waals surface area (Å²) >= 11 is 0. The number of carbonyl (C=O) groups is 6. The maximum absolute atomic E-state index is 13.5. The largest absolute Gasteiger partial charge is 0.480 e. The third-order valence-corrected chi connectivity index (χ3v) is 15.8. The molecule has 0 aliphatic carbocycles. The van der Waals surface area contributed by atoms with Crippen LogP contribution in [0.2, 0.25) is 0 Å². The van der Waals surface area contributed by atoms with Crippen LogP contribution in [0.4, 0.5) is 0 Å². The van der Waals surface area contributed by atoms with Crippen molar-refractivity contribution in [2.75, 3.05) is 98.4 Å². The normalized spacial score (nSPS) is 14.4. The zero-order valence-electron chi connectivity index (χ0n) is 50.5. The smallest absolute Gasteiger partial charge is 0.317 e. The molecule has 15 heteroatoms. The lowest BCUT2D eigenvalue weighted by Gasteiger charge is -2.33. The van der Waals surface area contributed by atoms with Gasteiger partial charge in [0.05, 0.1) is 26.2 Å². The zero-order chi connectivity index (χ0) is 56.8. The van der Waals surface area contributed by atoms with E-state index in [1.165, 1.54) is 180 Å². The highest BCUT2D eigenvalue weighted by Crippen LogP contribution is 2.17. The van der Waals surface area contributed by atoms with Gasteiger partial charge in [-0.25, -0.2) is 0 Å². The van der Waals surface area contributed by atoms with E-state index in [1.54, 1.807) is 9.80 Å². The first-order valence-corrected chi connectivity index (χ1v) is 32.5. The molecule has 0 aromatic carbocycles. The average molecular weight is 1110 g/mol. The first-order valence-electron chi connectivity index (χ1n) is 32.5. The first-order chi connectivity index (χ1) is 38.1. The van der Waals surface area contributed by atoms with Crippen molar-refractivity contribution in [1.82, 2.24) is 29.8 Å². The van der Waals surface area contributed by atoms with Gasteiger partial charge in [-0.3, -0.25) is 48.4 Å². The summed E-state index contributed by atoms with van der Waals surface area (Å²) in [6.45, 7) is 9.99. The minimum absolute atomic E-state index is 0.0420. The molecule has 1 rings (SSSR count). The number of hydrogen-bond acceptors (Lipinski definition) is 11. The number of ketones is 1. The highest BCUT2D eigenvalue weighted by molar-refractivity contribution is 5.84. The number of nitrogens with zero attached hydrogens (tertiary/aromatic N) is 5. The Kier molecular flexibility index (Phi) is 50.9. The van der Waals surface area contributed by atoms with Gasteiger partial charge in [-0.05, 0) is 25.7 Å². The van der Waals surface area contributed by atoms with Crippen LogP contribution in [0.3, 0.4) is 0 Å². The van der Waals surface area contributed by atoms with E-state index in [2.05, 4.69) is 19.2 Å². The molecule has 0 saturated carbocycles. The fraction of sp³-hybridized carbons (Fsp3) is 0.905. The summed E-state index contributed by atoms with van der Waals surface area (Å²) in [6, 6.07) is 0. The maximum Gasteiger partial charge on any atom is 0.317 e. The minimum atomic E-state index is -0.968. The van der Waals surface area contributed by atoms with Gasteiger partial charge in [0.25, 0.3) is 6.47 Å². The summed E-state index contributed by atoms with van der Waals surface area (Å²) in [6.07, 6.45) is 48.6. The second-order valence-electron chi connectivity index (χ2n) is 23.1. The van der Waals surface area contributed by atoms with Crippen molar-refractivity contribution < 1.29 is 43.7 Å². The molecule has 15 nitrogen and oxygen atoms in total. The van der Waals surface area contributed by atoms with Crippen molar-refractivity contribution in [3.8, 4) is 0 Å². The van der Waals surface area contributed by atoms with E-state index in [0.717, 1.165) is 77.3 Å². The van der Waals surface area contributed by atoms with Crippen molar-refractivity contribution in [1.29, 1.82) is 0 Å². The van der Waals surface area contributed by atoms with Crippen LogP contribution in [0.1, 0.15) is 271 Å². The molecule has 0 unspecified atom stereocenters. The Balaban J connectivity index is 2.43. The number of aliphatic carboxylic acids is 2. The number of carbonyl (C=O) groups excluding carboxylic acids is 4. The van der Waals surface area contributed by atoms with E-state index >= 15 is 0 Å². The third kappa shape index (κ3) is 47.6. The molecule has 456 valence electrons. The lowest BCUT2D eigenvalue weighted by molar-refractivity contribution is -0.140. The van der Waals surface area contributed by atoms with Crippen molar-refractivity contribution >= 4 is 36.0 Å². The molecule has 0 aromatic heterocycles. The Hall–Kier alpha value is -3.14. The highest BCUT2D eigenvalue weighted by atomic mass is 16.5. The number of rotatable bonds is 54. The molecule has 1 fully saturated rings. The number of Topliss-reactive ketones (excluding diaryl/α,β-unsaturated/α-hetero) is 1. The van der Waals surface area contributed by atoms with Crippen LogP contribution in [0.25, 0.3) is 0 Å². The van der Waals surface area contributed by atoms with E-state index in [9.17, 15) is 39.0 Å². The van der Waals surface area contributed by atoms with Crippen molar-refractivity contribution in [3.63, 3.8) is 0 Å². The Morgan fingerprint density at radius 1 is 0.410 bits per heavy atom. The van der Waals surface area contributed by atoms with Crippen LogP contribution < -0.4 is 5.32 Å². The van der Waals surface area contributed by atoms with E-state index in [0.29, 0.717) is 71.7 Å². The summed E-state index contributed by atoms with van der Waals surface area (Å²) in [5.41, 5.74) is 0. The predicted molar refractivity (Wildman–Crippen MR) is 319 cm³/mol. The van der Waals surface area contributed by atoms with Gasteiger partial charge in [0.15, 0.2) is 0 Å². The molecule has 0 bridgehead atoms. The van der Waals surface area contributed by atoms with Crippen LogP contribution in [-0.2, 0) is 33.5 Å². The molecule has 0 radical (unpaired) electrons. The molecular formula is C63H120N6O9. The topological polar surface area (TPSA) is 180 Å². The van der Waals surface area contributed by atoms with Gasteiger partial charge in [-0.2, -0.15) is 0 Å². The molecule has 2 amide bonds. The fourth-order valence-electron chi connectivity index (χ4n) is 10.8. The number of carboxylic acid groups (broad SMARTS) is 2. The molecule has 0 atom stereocenters. The minimum Gasteiger partial charge on any atom is -0.480 e. The quantitative estimate of drug-likeness (QED) is 0.0387. The lowest BCUT2D eigenvalue weighted by atomic mass is 10.0. The molecule has 3 N–H and O–H groups in total. The fourth-order valence-corrected chi connectivity index (χ4v) is 10.8. The molecule has 78 heavy (non-hydrogen) atoms. The van der Waals surface area contributed by atoms with Crippen LogP contribution in [-0.4, -0.2) is 169 Å². The molecule has 0 spiro atoms. The van der Waals surface area contributed by atoms with Gasteiger partial charge >= 0.3 is 11.9 Å².